The number of hydrogen-bond donors (Lipinski definition) is 2. The summed E-state index contributed by atoms with van der Waals surface area (Å²) in [6.45, 7) is 1.06. The third-order valence-corrected chi connectivity index (χ3v) is 2.47. The van der Waals surface area contributed by atoms with Gasteiger partial charge in [-0.05, 0) is 12.8 Å². The van der Waals surface area contributed by atoms with E-state index in [4.69, 9.17) is 5.73 Å². The summed E-state index contributed by atoms with van der Waals surface area (Å²) in [5.41, 5.74) is 6.67. The first-order chi connectivity index (χ1) is 4.86. The van der Waals surface area contributed by atoms with E-state index in [-0.39, 0.29) is 0 Å². The molecule has 0 bridgehead atoms. The van der Waals surface area contributed by atoms with Crippen LogP contribution in [-0.4, -0.2) is 11.5 Å². The fourth-order valence-corrected chi connectivity index (χ4v) is 1.94. The Morgan fingerprint density at radius 2 is 2.50 bits per heavy atom. The molecule has 0 amide bonds. The highest BCUT2D eigenvalue weighted by Crippen LogP contribution is 2.29. The SMILES string of the molecule is Nc1nc2c(s1)NCCC2. The van der Waals surface area contributed by atoms with Gasteiger partial charge >= 0.3 is 0 Å². The molecule has 3 nitrogen and oxygen atoms in total. The van der Waals surface area contributed by atoms with E-state index in [0.717, 1.165) is 18.7 Å². The molecule has 0 unspecified atom stereocenters. The van der Waals surface area contributed by atoms with Crippen molar-refractivity contribution in [1.82, 2.24) is 4.98 Å². The summed E-state index contributed by atoms with van der Waals surface area (Å²) >= 11 is 1.55. The van der Waals surface area contributed by atoms with E-state index in [0.29, 0.717) is 5.13 Å². The van der Waals surface area contributed by atoms with Crippen LogP contribution in [0.2, 0.25) is 0 Å². The maximum Gasteiger partial charge on any atom is 0.182 e. The van der Waals surface area contributed by atoms with Gasteiger partial charge in [-0.2, -0.15) is 0 Å². The van der Waals surface area contributed by atoms with E-state index in [2.05, 4.69) is 10.3 Å². The minimum atomic E-state index is 0.680. The smallest absolute Gasteiger partial charge is 0.182 e. The molecule has 0 aromatic carbocycles. The average molecular weight is 155 g/mol. The first kappa shape index (κ1) is 5.97. The Hall–Kier alpha value is -0.770. The van der Waals surface area contributed by atoms with Gasteiger partial charge in [-0.25, -0.2) is 4.98 Å². The molecule has 1 aromatic rings. The van der Waals surface area contributed by atoms with E-state index in [1.807, 2.05) is 0 Å². The molecule has 0 saturated heterocycles. The van der Waals surface area contributed by atoms with Gasteiger partial charge < -0.3 is 11.1 Å². The van der Waals surface area contributed by atoms with Crippen LogP contribution in [-0.2, 0) is 6.42 Å². The largest absolute Gasteiger partial charge is 0.375 e. The minimum Gasteiger partial charge on any atom is -0.375 e. The van der Waals surface area contributed by atoms with Crippen molar-refractivity contribution in [3.05, 3.63) is 5.69 Å². The Kier molecular flexibility index (Phi) is 1.27. The van der Waals surface area contributed by atoms with Crippen LogP contribution in [0.4, 0.5) is 10.1 Å². The second-order valence-corrected chi connectivity index (χ2v) is 3.39. The van der Waals surface area contributed by atoms with E-state index < -0.39 is 0 Å². The fraction of sp³-hybridized carbons (Fsp3) is 0.500. The second kappa shape index (κ2) is 2.12. The predicted molar refractivity (Wildman–Crippen MR) is 43.3 cm³/mol. The number of thiazole rings is 1. The highest BCUT2D eigenvalue weighted by atomic mass is 32.1. The van der Waals surface area contributed by atoms with Crippen molar-refractivity contribution in [2.24, 2.45) is 0 Å². The van der Waals surface area contributed by atoms with Crippen molar-refractivity contribution in [2.45, 2.75) is 12.8 Å². The van der Waals surface area contributed by atoms with E-state index >= 15 is 0 Å². The molecule has 1 aromatic heterocycles. The Balaban J connectivity index is 2.41. The van der Waals surface area contributed by atoms with Gasteiger partial charge in [0.2, 0.25) is 0 Å². The lowest BCUT2D eigenvalue weighted by Crippen LogP contribution is -2.09. The summed E-state index contributed by atoms with van der Waals surface area (Å²) in [5.74, 6) is 0. The number of nitrogens with zero attached hydrogens (tertiary/aromatic N) is 1. The third-order valence-electron chi connectivity index (χ3n) is 1.59. The Morgan fingerprint density at radius 1 is 1.60 bits per heavy atom. The quantitative estimate of drug-likeness (QED) is 0.589. The maximum absolute atomic E-state index is 5.53. The van der Waals surface area contributed by atoms with Crippen LogP contribution in [0.25, 0.3) is 0 Å². The molecule has 1 aliphatic rings. The summed E-state index contributed by atoms with van der Waals surface area (Å²) < 4.78 is 0. The van der Waals surface area contributed by atoms with Gasteiger partial charge in [0.1, 0.15) is 5.00 Å². The zero-order valence-electron chi connectivity index (χ0n) is 5.55. The molecule has 0 saturated carbocycles. The molecule has 0 atom stereocenters. The van der Waals surface area contributed by atoms with Gasteiger partial charge in [0, 0.05) is 6.54 Å². The minimum absolute atomic E-state index is 0.680. The van der Waals surface area contributed by atoms with E-state index in [1.54, 1.807) is 11.3 Å². The van der Waals surface area contributed by atoms with Gasteiger partial charge in [-0.15, -0.1) is 0 Å². The van der Waals surface area contributed by atoms with Gasteiger partial charge in [-0.3, -0.25) is 0 Å². The molecule has 4 heteroatoms. The zero-order valence-corrected chi connectivity index (χ0v) is 6.37. The summed E-state index contributed by atoms with van der Waals surface area (Å²) in [5, 5.41) is 5.11. The molecule has 10 heavy (non-hydrogen) atoms. The number of nitrogens with two attached hydrogens (primary N) is 1. The van der Waals surface area contributed by atoms with Crippen molar-refractivity contribution < 1.29 is 0 Å². The number of aromatic nitrogens is 1. The first-order valence-corrected chi connectivity index (χ1v) is 4.17. The number of nitrogen functional groups attached to an aromatic ring is 1. The third kappa shape index (κ3) is 0.844. The Bertz CT molecular complexity index is 220. The van der Waals surface area contributed by atoms with Crippen molar-refractivity contribution in [3.8, 4) is 0 Å². The Labute approximate surface area is 63.3 Å². The number of nitrogens with one attached hydrogen (secondary N) is 1. The van der Waals surface area contributed by atoms with Crippen LogP contribution in [0.5, 0.6) is 0 Å². The highest BCUT2D eigenvalue weighted by molar-refractivity contribution is 7.19. The second-order valence-electron chi connectivity index (χ2n) is 2.36. The van der Waals surface area contributed by atoms with Crippen LogP contribution in [0.15, 0.2) is 0 Å². The summed E-state index contributed by atoms with van der Waals surface area (Å²) in [6, 6.07) is 0. The lowest BCUT2D eigenvalue weighted by atomic mass is 10.2. The van der Waals surface area contributed by atoms with Crippen molar-refractivity contribution in [2.75, 3.05) is 17.6 Å². The number of aryl methyl sites for hydroxylation is 1. The lowest BCUT2D eigenvalue weighted by molar-refractivity contribution is 0.814. The zero-order chi connectivity index (χ0) is 6.97. The molecule has 0 aliphatic carbocycles. The van der Waals surface area contributed by atoms with Gasteiger partial charge in [0.15, 0.2) is 5.13 Å². The molecular formula is C6H9N3S. The molecule has 3 N–H and O–H groups in total. The summed E-state index contributed by atoms with van der Waals surface area (Å²) in [4.78, 5) is 4.19. The van der Waals surface area contributed by atoms with E-state index in [1.165, 1.54) is 11.4 Å². The number of rotatable bonds is 0. The van der Waals surface area contributed by atoms with Crippen molar-refractivity contribution in [3.63, 3.8) is 0 Å². The topological polar surface area (TPSA) is 50.9 Å². The first-order valence-electron chi connectivity index (χ1n) is 3.35. The molecule has 2 heterocycles. The van der Waals surface area contributed by atoms with Crippen LogP contribution in [0.3, 0.4) is 0 Å². The van der Waals surface area contributed by atoms with Gasteiger partial charge in [0.25, 0.3) is 0 Å². The molecule has 0 fully saturated rings. The predicted octanol–water partition coefficient (Wildman–Crippen LogP) is 1.08. The maximum atomic E-state index is 5.53. The number of fused-ring (bicyclic) bond motifs is 1. The van der Waals surface area contributed by atoms with Crippen molar-refractivity contribution >= 4 is 21.5 Å². The van der Waals surface area contributed by atoms with E-state index in [9.17, 15) is 0 Å². The Morgan fingerprint density at radius 3 is 3.30 bits per heavy atom. The molecular weight excluding hydrogens is 146 g/mol. The van der Waals surface area contributed by atoms with Gasteiger partial charge in [-0.1, -0.05) is 11.3 Å². The summed E-state index contributed by atoms with van der Waals surface area (Å²) in [7, 11) is 0. The van der Waals surface area contributed by atoms with Gasteiger partial charge in [0.05, 0.1) is 5.69 Å². The van der Waals surface area contributed by atoms with Crippen LogP contribution in [0.1, 0.15) is 12.1 Å². The lowest BCUT2D eigenvalue weighted by Gasteiger charge is -2.10. The summed E-state index contributed by atoms with van der Waals surface area (Å²) in [6.07, 6.45) is 2.26. The molecule has 54 valence electrons. The van der Waals surface area contributed by atoms with Crippen LogP contribution < -0.4 is 11.1 Å². The standard InChI is InChI=1S/C6H9N3S/c7-6-9-4-2-1-3-8-5(4)10-6/h8H,1-3H2,(H2,7,9). The molecule has 2 rings (SSSR count). The average Bonchev–Trinajstić information content (AvgIpc) is 2.27. The highest BCUT2D eigenvalue weighted by Gasteiger charge is 2.12. The van der Waals surface area contributed by atoms with Crippen LogP contribution in [0, 0.1) is 0 Å². The van der Waals surface area contributed by atoms with Crippen molar-refractivity contribution in [1.29, 1.82) is 0 Å². The molecule has 0 spiro atoms. The monoisotopic (exact) mass is 155 g/mol. The fourth-order valence-electron chi connectivity index (χ4n) is 1.14. The van der Waals surface area contributed by atoms with Crippen LogP contribution >= 0.6 is 11.3 Å². The molecule has 1 aliphatic heterocycles. The number of anilines is 2. The normalized spacial score (nSPS) is 16.0. The molecule has 0 radical (unpaired) electrons. The number of hydrogen-bond acceptors (Lipinski definition) is 4.